The summed E-state index contributed by atoms with van der Waals surface area (Å²) in [5.41, 5.74) is 0.654. The lowest BCUT2D eigenvalue weighted by Crippen LogP contribution is -2.39. The van der Waals surface area contributed by atoms with Crippen molar-refractivity contribution < 1.29 is 4.79 Å². The Labute approximate surface area is 114 Å². The lowest BCUT2D eigenvalue weighted by molar-refractivity contribution is 0.0936. The van der Waals surface area contributed by atoms with E-state index in [2.05, 4.69) is 15.2 Å². The highest BCUT2D eigenvalue weighted by Gasteiger charge is 2.30. The second kappa shape index (κ2) is 5.70. The van der Waals surface area contributed by atoms with Crippen LogP contribution < -0.4 is 5.32 Å². The summed E-state index contributed by atoms with van der Waals surface area (Å²) in [7, 11) is 0. The highest BCUT2D eigenvalue weighted by Crippen LogP contribution is 2.26. The van der Waals surface area contributed by atoms with Gasteiger partial charge in [0, 0.05) is 37.6 Å². The summed E-state index contributed by atoms with van der Waals surface area (Å²) < 4.78 is 0. The predicted octanol–water partition coefficient (Wildman–Crippen LogP) is 1.83. The summed E-state index contributed by atoms with van der Waals surface area (Å²) in [6.45, 7) is 2.14. The van der Waals surface area contributed by atoms with Gasteiger partial charge in [-0.25, -0.2) is 0 Å². The van der Waals surface area contributed by atoms with Gasteiger partial charge in [-0.1, -0.05) is 12.8 Å². The number of amides is 1. The standard InChI is InChI=1S/C15H21N3O/c19-15(12-4-3-8-16-10-12)17-13-7-9-18(11-13)14-5-1-2-6-14/h3-4,8,10,13-14H,1-2,5-7,9,11H2,(H,17,19). The average molecular weight is 259 g/mol. The number of likely N-dealkylation sites (tertiary alicyclic amines) is 1. The molecule has 1 amide bonds. The quantitative estimate of drug-likeness (QED) is 0.900. The SMILES string of the molecule is O=C(NC1CCN(C2CCCC2)C1)c1cccnc1. The van der Waals surface area contributed by atoms with Crippen molar-refractivity contribution in [1.82, 2.24) is 15.2 Å². The molecule has 2 heterocycles. The minimum absolute atomic E-state index is 0.00590. The summed E-state index contributed by atoms with van der Waals surface area (Å²) in [5.74, 6) is 0.00590. The zero-order chi connectivity index (χ0) is 13.1. The summed E-state index contributed by atoms with van der Waals surface area (Å²) in [5, 5.41) is 3.13. The zero-order valence-electron chi connectivity index (χ0n) is 11.2. The fourth-order valence-corrected chi connectivity index (χ4v) is 3.27. The minimum Gasteiger partial charge on any atom is -0.348 e. The van der Waals surface area contributed by atoms with E-state index in [1.54, 1.807) is 18.5 Å². The Kier molecular flexibility index (Phi) is 3.78. The van der Waals surface area contributed by atoms with Crippen molar-refractivity contribution in [2.24, 2.45) is 0 Å². The van der Waals surface area contributed by atoms with Crippen LogP contribution in [0.5, 0.6) is 0 Å². The molecular formula is C15H21N3O. The van der Waals surface area contributed by atoms with E-state index < -0.39 is 0 Å². The number of nitrogens with zero attached hydrogens (tertiary/aromatic N) is 2. The van der Waals surface area contributed by atoms with Crippen LogP contribution in [0.1, 0.15) is 42.5 Å². The maximum atomic E-state index is 12.1. The van der Waals surface area contributed by atoms with Crippen LogP contribution in [0.15, 0.2) is 24.5 Å². The normalized spacial score (nSPS) is 24.7. The molecule has 1 aromatic rings. The second-order valence-electron chi connectivity index (χ2n) is 5.63. The van der Waals surface area contributed by atoms with E-state index >= 15 is 0 Å². The molecule has 1 aromatic heterocycles. The van der Waals surface area contributed by atoms with Crippen molar-refractivity contribution in [3.63, 3.8) is 0 Å². The van der Waals surface area contributed by atoms with Gasteiger partial charge in [0.15, 0.2) is 0 Å². The van der Waals surface area contributed by atoms with Gasteiger partial charge in [-0.2, -0.15) is 0 Å². The van der Waals surface area contributed by atoms with Crippen LogP contribution in [-0.2, 0) is 0 Å². The van der Waals surface area contributed by atoms with Gasteiger partial charge in [0.05, 0.1) is 5.56 Å². The molecule has 4 nitrogen and oxygen atoms in total. The van der Waals surface area contributed by atoms with Crippen LogP contribution >= 0.6 is 0 Å². The van der Waals surface area contributed by atoms with Crippen molar-refractivity contribution in [2.75, 3.05) is 13.1 Å². The first-order valence-corrected chi connectivity index (χ1v) is 7.28. The van der Waals surface area contributed by atoms with Gasteiger partial charge in [-0.3, -0.25) is 14.7 Å². The lowest BCUT2D eigenvalue weighted by atomic mass is 10.2. The van der Waals surface area contributed by atoms with E-state index in [0.29, 0.717) is 11.6 Å². The molecule has 2 fully saturated rings. The van der Waals surface area contributed by atoms with Crippen LogP contribution in [0.3, 0.4) is 0 Å². The van der Waals surface area contributed by atoms with Crippen LogP contribution in [0.4, 0.5) is 0 Å². The molecule has 2 aliphatic rings. The Morgan fingerprint density at radius 2 is 2.16 bits per heavy atom. The van der Waals surface area contributed by atoms with Crippen LogP contribution in [0, 0.1) is 0 Å². The molecule has 1 aliphatic heterocycles. The predicted molar refractivity (Wildman–Crippen MR) is 73.9 cm³/mol. The molecule has 0 bridgehead atoms. The Bertz CT molecular complexity index is 428. The lowest BCUT2D eigenvalue weighted by Gasteiger charge is -2.23. The Morgan fingerprint density at radius 1 is 1.32 bits per heavy atom. The van der Waals surface area contributed by atoms with E-state index in [1.807, 2.05) is 6.07 Å². The molecule has 0 radical (unpaired) electrons. The third-order valence-corrected chi connectivity index (χ3v) is 4.32. The number of carbonyl (C=O) groups is 1. The highest BCUT2D eigenvalue weighted by molar-refractivity contribution is 5.94. The van der Waals surface area contributed by atoms with Crippen LogP contribution in [0.2, 0.25) is 0 Å². The molecule has 0 aromatic carbocycles. The van der Waals surface area contributed by atoms with Crippen molar-refractivity contribution in [1.29, 1.82) is 0 Å². The Morgan fingerprint density at radius 3 is 2.89 bits per heavy atom. The van der Waals surface area contributed by atoms with Gasteiger partial charge in [0.1, 0.15) is 0 Å². The summed E-state index contributed by atoms with van der Waals surface area (Å²) >= 11 is 0. The molecule has 1 aliphatic carbocycles. The number of pyridine rings is 1. The average Bonchev–Trinajstić information content (AvgIpc) is 3.10. The van der Waals surface area contributed by atoms with Gasteiger partial charge in [0.25, 0.3) is 5.91 Å². The Hall–Kier alpha value is -1.42. The number of nitrogens with one attached hydrogen (secondary N) is 1. The van der Waals surface area contributed by atoms with Gasteiger partial charge in [-0.05, 0) is 31.4 Å². The fraction of sp³-hybridized carbons (Fsp3) is 0.600. The largest absolute Gasteiger partial charge is 0.348 e. The first kappa shape index (κ1) is 12.6. The van der Waals surface area contributed by atoms with Gasteiger partial charge < -0.3 is 5.32 Å². The molecule has 102 valence electrons. The first-order chi connectivity index (χ1) is 9.33. The smallest absolute Gasteiger partial charge is 0.253 e. The van der Waals surface area contributed by atoms with Crippen molar-refractivity contribution >= 4 is 5.91 Å². The molecular weight excluding hydrogens is 238 g/mol. The monoisotopic (exact) mass is 259 g/mol. The van der Waals surface area contributed by atoms with E-state index in [9.17, 15) is 4.79 Å². The number of rotatable bonds is 3. The molecule has 19 heavy (non-hydrogen) atoms. The topological polar surface area (TPSA) is 45.2 Å². The third-order valence-electron chi connectivity index (χ3n) is 4.32. The van der Waals surface area contributed by atoms with Crippen molar-refractivity contribution in [3.8, 4) is 0 Å². The van der Waals surface area contributed by atoms with E-state index in [0.717, 1.165) is 25.6 Å². The fourth-order valence-electron chi connectivity index (χ4n) is 3.27. The molecule has 1 saturated heterocycles. The zero-order valence-corrected chi connectivity index (χ0v) is 11.2. The van der Waals surface area contributed by atoms with Crippen molar-refractivity contribution in [2.45, 2.75) is 44.2 Å². The summed E-state index contributed by atoms with van der Waals surface area (Å²) in [6, 6.07) is 4.68. The number of hydrogen-bond donors (Lipinski definition) is 1. The number of carbonyl (C=O) groups excluding carboxylic acids is 1. The molecule has 4 heteroatoms. The van der Waals surface area contributed by atoms with Crippen molar-refractivity contribution in [3.05, 3.63) is 30.1 Å². The van der Waals surface area contributed by atoms with E-state index in [4.69, 9.17) is 0 Å². The maximum Gasteiger partial charge on any atom is 0.253 e. The molecule has 3 rings (SSSR count). The molecule has 1 atom stereocenters. The van der Waals surface area contributed by atoms with Crippen LogP contribution in [-0.4, -0.2) is 41.0 Å². The van der Waals surface area contributed by atoms with E-state index in [1.165, 1.54) is 25.7 Å². The minimum atomic E-state index is 0.00590. The van der Waals surface area contributed by atoms with Crippen LogP contribution in [0.25, 0.3) is 0 Å². The summed E-state index contributed by atoms with van der Waals surface area (Å²) in [6.07, 6.45) is 9.80. The molecule has 1 unspecified atom stereocenters. The molecule has 1 N–H and O–H groups in total. The van der Waals surface area contributed by atoms with Gasteiger partial charge >= 0.3 is 0 Å². The highest BCUT2D eigenvalue weighted by atomic mass is 16.1. The molecule has 0 spiro atoms. The van der Waals surface area contributed by atoms with E-state index in [-0.39, 0.29) is 5.91 Å². The van der Waals surface area contributed by atoms with Gasteiger partial charge in [0.2, 0.25) is 0 Å². The number of hydrogen-bond acceptors (Lipinski definition) is 3. The summed E-state index contributed by atoms with van der Waals surface area (Å²) in [4.78, 5) is 18.6. The van der Waals surface area contributed by atoms with Gasteiger partial charge in [-0.15, -0.1) is 0 Å². The number of aromatic nitrogens is 1. The maximum absolute atomic E-state index is 12.1. The molecule has 1 saturated carbocycles. The Balaban J connectivity index is 1.53. The third kappa shape index (κ3) is 2.95. The second-order valence-corrected chi connectivity index (χ2v) is 5.63. The first-order valence-electron chi connectivity index (χ1n) is 7.28.